The minimum atomic E-state index is -0.100. The van der Waals surface area contributed by atoms with Gasteiger partial charge in [0.2, 0.25) is 17.6 Å². The Hall–Kier alpha value is -2.54. The molecule has 6 nitrogen and oxygen atoms in total. The van der Waals surface area contributed by atoms with Crippen molar-refractivity contribution in [3.8, 4) is 11.4 Å². The number of aromatic nitrogens is 3. The van der Waals surface area contributed by atoms with Gasteiger partial charge in [0, 0.05) is 41.9 Å². The monoisotopic (exact) mass is 300 g/mol. The van der Waals surface area contributed by atoms with E-state index < -0.39 is 0 Å². The van der Waals surface area contributed by atoms with Gasteiger partial charge in [0.25, 0.3) is 0 Å². The fourth-order valence-electron chi connectivity index (χ4n) is 1.74. The first kappa shape index (κ1) is 13.4. The normalized spacial score (nSPS) is 10.5. The number of hydrogen-bond donors (Lipinski definition) is 1. The lowest BCUT2D eigenvalue weighted by Gasteiger charge is -2.02. The van der Waals surface area contributed by atoms with Crippen LogP contribution in [0.4, 0.5) is 5.69 Å². The molecule has 0 saturated heterocycles. The summed E-state index contributed by atoms with van der Waals surface area (Å²) in [4.78, 5) is 20.0. The van der Waals surface area contributed by atoms with Crippen LogP contribution in [0.5, 0.6) is 0 Å². The molecule has 0 radical (unpaired) electrons. The number of hydrogen-bond acceptors (Lipinski definition) is 6. The van der Waals surface area contributed by atoms with Crippen molar-refractivity contribution in [2.75, 3.05) is 5.32 Å². The van der Waals surface area contributed by atoms with E-state index in [0.717, 1.165) is 11.3 Å². The highest BCUT2D eigenvalue weighted by Crippen LogP contribution is 2.19. The summed E-state index contributed by atoms with van der Waals surface area (Å²) in [5, 5.41) is 10.6. The van der Waals surface area contributed by atoms with Crippen LogP contribution in [0.1, 0.15) is 12.3 Å². The second kappa shape index (κ2) is 6.27. The van der Waals surface area contributed by atoms with E-state index in [1.165, 1.54) is 0 Å². The topological polar surface area (TPSA) is 80.9 Å². The summed E-state index contributed by atoms with van der Waals surface area (Å²) in [6, 6.07) is 5.40. The maximum absolute atomic E-state index is 11.8. The van der Waals surface area contributed by atoms with Crippen LogP contribution in [0.15, 0.2) is 45.9 Å². The standard InChI is InChI=1S/C14H12N4O2S/c19-12(16-11-3-6-15-7-4-11)1-2-13-17-14(18-20-13)10-5-8-21-9-10/h3-9H,1-2H2,(H,15,16,19). The molecule has 0 saturated carbocycles. The zero-order chi connectivity index (χ0) is 14.5. The predicted octanol–water partition coefficient (Wildman–Crippen LogP) is 2.76. The van der Waals surface area contributed by atoms with Crippen molar-refractivity contribution in [1.29, 1.82) is 0 Å². The lowest BCUT2D eigenvalue weighted by atomic mass is 10.3. The number of amides is 1. The summed E-state index contributed by atoms with van der Waals surface area (Å²) >= 11 is 1.57. The Labute approximate surface area is 124 Å². The molecule has 1 amide bonds. The zero-order valence-electron chi connectivity index (χ0n) is 11.0. The molecule has 0 aliphatic heterocycles. The number of nitrogens with zero attached hydrogens (tertiary/aromatic N) is 3. The molecule has 21 heavy (non-hydrogen) atoms. The van der Waals surface area contributed by atoms with E-state index >= 15 is 0 Å². The van der Waals surface area contributed by atoms with Gasteiger partial charge in [-0.3, -0.25) is 9.78 Å². The van der Waals surface area contributed by atoms with Crippen LogP contribution in [-0.4, -0.2) is 21.0 Å². The Morgan fingerprint density at radius 3 is 2.90 bits per heavy atom. The van der Waals surface area contributed by atoms with E-state index in [2.05, 4.69) is 20.4 Å². The molecule has 3 aromatic heterocycles. The zero-order valence-corrected chi connectivity index (χ0v) is 11.8. The molecule has 0 aliphatic carbocycles. The van der Waals surface area contributed by atoms with E-state index in [0.29, 0.717) is 18.1 Å². The van der Waals surface area contributed by atoms with Crippen molar-refractivity contribution in [3.63, 3.8) is 0 Å². The minimum absolute atomic E-state index is 0.100. The van der Waals surface area contributed by atoms with Gasteiger partial charge in [-0.05, 0) is 23.6 Å². The van der Waals surface area contributed by atoms with E-state index in [1.54, 1.807) is 35.9 Å². The largest absolute Gasteiger partial charge is 0.339 e. The quantitative estimate of drug-likeness (QED) is 0.783. The smallest absolute Gasteiger partial charge is 0.227 e. The van der Waals surface area contributed by atoms with Crippen molar-refractivity contribution >= 4 is 22.9 Å². The second-order valence-corrected chi connectivity index (χ2v) is 5.09. The predicted molar refractivity (Wildman–Crippen MR) is 78.8 cm³/mol. The summed E-state index contributed by atoms with van der Waals surface area (Å²) in [6.45, 7) is 0. The molecule has 0 unspecified atom stereocenters. The van der Waals surface area contributed by atoms with Gasteiger partial charge in [-0.2, -0.15) is 16.3 Å². The summed E-state index contributed by atoms with van der Waals surface area (Å²) in [5.74, 6) is 0.915. The van der Waals surface area contributed by atoms with Crippen molar-refractivity contribution in [2.45, 2.75) is 12.8 Å². The Morgan fingerprint density at radius 1 is 1.29 bits per heavy atom. The summed E-state index contributed by atoms with van der Waals surface area (Å²) < 4.78 is 5.14. The molecule has 7 heteroatoms. The van der Waals surface area contributed by atoms with Crippen molar-refractivity contribution in [3.05, 3.63) is 47.2 Å². The third-order valence-electron chi connectivity index (χ3n) is 2.78. The number of pyridine rings is 1. The maximum atomic E-state index is 11.8. The van der Waals surface area contributed by atoms with E-state index in [-0.39, 0.29) is 12.3 Å². The fraction of sp³-hybridized carbons (Fsp3) is 0.143. The molecule has 3 heterocycles. The molecule has 0 bridgehead atoms. The average molecular weight is 300 g/mol. The molecule has 1 N–H and O–H groups in total. The first-order chi connectivity index (χ1) is 10.3. The summed E-state index contributed by atoms with van der Waals surface area (Å²) in [5.41, 5.74) is 1.65. The van der Waals surface area contributed by atoms with E-state index in [1.807, 2.05) is 16.8 Å². The molecule has 0 spiro atoms. The molecule has 106 valence electrons. The molecule has 0 atom stereocenters. The number of carbonyl (C=O) groups excluding carboxylic acids is 1. The van der Waals surface area contributed by atoms with Crippen LogP contribution in [-0.2, 0) is 11.2 Å². The van der Waals surface area contributed by atoms with Gasteiger partial charge in [0.05, 0.1) is 0 Å². The van der Waals surface area contributed by atoms with Gasteiger partial charge in [-0.1, -0.05) is 5.16 Å². The van der Waals surface area contributed by atoms with Crippen molar-refractivity contribution < 1.29 is 9.32 Å². The molecule has 3 rings (SSSR count). The van der Waals surface area contributed by atoms with Gasteiger partial charge in [-0.25, -0.2) is 0 Å². The van der Waals surface area contributed by atoms with Crippen molar-refractivity contribution in [1.82, 2.24) is 15.1 Å². The number of anilines is 1. The Bertz CT molecular complexity index is 710. The van der Waals surface area contributed by atoms with Gasteiger partial charge in [0.1, 0.15) is 0 Å². The fourth-order valence-corrected chi connectivity index (χ4v) is 2.38. The average Bonchev–Trinajstić information content (AvgIpc) is 3.17. The molecule has 0 aromatic carbocycles. The first-order valence-electron chi connectivity index (χ1n) is 6.36. The molecule has 0 aliphatic rings. The first-order valence-corrected chi connectivity index (χ1v) is 7.30. The number of nitrogens with one attached hydrogen (secondary N) is 1. The highest BCUT2D eigenvalue weighted by molar-refractivity contribution is 7.08. The van der Waals surface area contributed by atoms with E-state index in [9.17, 15) is 4.79 Å². The Morgan fingerprint density at radius 2 is 2.14 bits per heavy atom. The van der Waals surface area contributed by atoms with Crippen LogP contribution in [0.25, 0.3) is 11.4 Å². The van der Waals surface area contributed by atoms with Crippen LogP contribution < -0.4 is 5.32 Å². The van der Waals surface area contributed by atoms with Gasteiger partial charge in [-0.15, -0.1) is 0 Å². The summed E-state index contributed by atoms with van der Waals surface area (Å²) in [7, 11) is 0. The third-order valence-corrected chi connectivity index (χ3v) is 3.46. The highest BCUT2D eigenvalue weighted by atomic mass is 32.1. The van der Waals surface area contributed by atoms with Gasteiger partial charge in [0.15, 0.2) is 0 Å². The molecule has 3 aromatic rings. The van der Waals surface area contributed by atoms with E-state index in [4.69, 9.17) is 4.52 Å². The number of rotatable bonds is 5. The number of thiophene rings is 1. The van der Waals surface area contributed by atoms with Crippen LogP contribution in [0.2, 0.25) is 0 Å². The molecular weight excluding hydrogens is 288 g/mol. The van der Waals surface area contributed by atoms with Gasteiger partial charge >= 0.3 is 0 Å². The molecular formula is C14H12N4O2S. The number of aryl methyl sites for hydroxylation is 1. The second-order valence-electron chi connectivity index (χ2n) is 4.31. The highest BCUT2D eigenvalue weighted by Gasteiger charge is 2.11. The lowest BCUT2D eigenvalue weighted by Crippen LogP contribution is -2.12. The Kier molecular flexibility index (Phi) is 4.02. The molecule has 0 fully saturated rings. The number of carbonyl (C=O) groups is 1. The third kappa shape index (κ3) is 3.51. The van der Waals surface area contributed by atoms with Crippen molar-refractivity contribution in [2.24, 2.45) is 0 Å². The van der Waals surface area contributed by atoms with Crippen LogP contribution >= 0.6 is 11.3 Å². The van der Waals surface area contributed by atoms with Crippen LogP contribution in [0.3, 0.4) is 0 Å². The van der Waals surface area contributed by atoms with Gasteiger partial charge < -0.3 is 9.84 Å². The SMILES string of the molecule is O=C(CCc1nc(-c2ccsc2)no1)Nc1ccncc1. The minimum Gasteiger partial charge on any atom is -0.339 e. The maximum Gasteiger partial charge on any atom is 0.227 e. The summed E-state index contributed by atoms with van der Waals surface area (Å²) in [6.07, 6.45) is 3.95. The Balaban J connectivity index is 1.54. The lowest BCUT2D eigenvalue weighted by molar-refractivity contribution is -0.116. The van der Waals surface area contributed by atoms with Crippen LogP contribution in [0, 0.1) is 0 Å².